The summed E-state index contributed by atoms with van der Waals surface area (Å²) >= 11 is 1.38. The van der Waals surface area contributed by atoms with Crippen molar-refractivity contribution in [1.29, 1.82) is 0 Å². The van der Waals surface area contributed by atoms with Crippen LogP contribution in [0.1, 0.15) is 37.3 Å². The number of anilines is 1. The van der Waals surface area contributed by atoms with Crippen LogP contribution in [0.15, 0.2) is 53.5 Å². The minimum absolute atomic E-state index is 0.0326. The highest BCUT2D eigenvalue weighted by Crippen LogP contribution is 2.32. The van der Waals surface area contributed by atoms with E-state index in [0.29, 0.717) is 11.7 Å². The zero-order valence-corrected chi connectivity index (χ0v) is 18.0. The van der Waals surface area contributed by atoms with Crippen LogP contribution < -0.4 is 5.32 Å². The number of nitrogens with zero attached hydrogens (tertiary/aromatic N) is 2. The monoisotopic (exact) mass is 409 g/mol. The molecule has 3 rings (SSSR count). The molecule has 1 saturated heterocycles. The van der Waals surface area contributed by atoms with Crippen molar-refractivity contribution in [3.63, 3.8) is 0 Å². The summed E-state index contributed by atoms with van der Waals surface area (Å²) in [5.74, 6) is -0.181. The van der Waals surface area contributed by atoms with Gasteiger partial charge in [0.2, 0.25) is 11.8 Å². The Bertz CT molecular complexity index is 891. The number of carbonyl (C=O) groups excluding carboxylic acids is 2. The zero-order valence-electron chi connectivity index (χ0n) is 17.1. The number of thioether (sulfide) groups is 1. The number of para-hydroxylation sites is 2. The van der Waals surface area contributed by atoms with Crippen LogP contribution in [0.4, 0.5) is 11.4 Å². The normalized spacial score (nSPS) is 17.8. The highest BCUT2D eigenvalue weighted by Gasteiger charge is 2.38. The molecular weight excluding hydrogens is 382 g/mol. The van der Waals surface area contributed by atoms with Gasteiger partial charge in [0.1, 0.15) is 5.25 Å². The van der Waals surface area contributed by atoms with Crippen molar-refractivity contribution in [3.8, 4) is 0 Å². The van der Waals surface area contributed by atoms with Crippen LogP contribution in [0.2, 0.25) is 0 Å². The van der Waals surface area contributed by atoms with E-state index in [-0.39, 0.29) is 18.2 Å². The molecule has 0 saturated carbocycles. The lowest BCUT2D eigenvalue weighted by molar-refractivity contribution is -0.128. The maximum absolute atomic E-state index is 13.0. The molecule has 1 atom stereocenters. The Kier molecular flexibility index (Phi) is 7.09. The summed E-state index contributed by atoms with van der Waals surface area (Å²) < 4.78 is 0. The lowest BCUT2D eigenvalue weighted by Gasteiger charge is -2.16. The molecule has 2 amide bonds. The summed E-state index contributed by atoms with van der Waals surface area (Å²) in [7, 11) is 0. The molecule has 0 aromatic heterocycles. The summed E-state index contributed by atoms with van der Waals surface area (Å²) in [6, 6.07) is 15.5. The van der Waals surface area contributed by atoms with Crippen LogP contribution >= 0.6 is 11.8 Å². The molecule has 1 heterocycles. The van der Waals surface area contributed by atoms with Crippen LogP contribution in [0.3, 0.4) is 0 Å². The molecule has 0 aliphatic carbocycles. The predicted octanol–water partition coefficient (Wildman–Crippen LogP) is 5.06. The molecule has 2 aromatic rings. The van der Waals surface area contributed by atoms with Gasteiger partial charge in [-0.15, -0.1) is 0 Å². The van der Waals surface area contributed by atoms with Crippen LogP contribution in [0.5, 0.6) is 0 Å². The maximum atomic E-state index is 13.0. The third kappa shape index (κ3) is 5.26. The van der Waals surface area contributed by atoms with E-state index < -0.39 is 5.25 Å². The highest BCUT2D eigenvalue weighted by atomic mass is 32.2. The van der Waals surface area contributed by atoms with Crippen LogP contribution in [0.25, 0.3) is 0 Å². The van der Waals surface area contributed by atoms with Crippen molar-refractivity contribution in [2.75, 3.05) is 11.9 Å². The number of amides is 2. The van der Waals surface area contributed by atoms with Gasteiger partial charge in [0.25, 0.3) is 0 Å². The fourth-order valence-corrected chi connectivity index (χ4v) is 4.41. The minimum Gasteiger partial charge on any atom is -0.326 e. The number of amidine groups is 1. The highest BCUT2D eigenvalue weighted by molar-refractivity contribution is 8.15. The molecule has 29 heavy (non-hydrogen) atoms. The number of hydrogen-bond acceptors (Lipinski definition) is 4. The molecule has 1 N–H and O–H groups in total. The van der Waals surface area contributed by atoms with Crippen molar-refractivity contribution >= 4 is 40.1 Å². The Hall–Kier alpha value is -2.60. The molecule has 0 spiro atoms. The first-order valence-electron chi connectivity index (χ1n) is 9.97. The number of hydrogen-bond donors (Lipinski definition) is 1. The van der Waals surface area contributed by atoms with E-state index in [1.54, 1.807) is 4.90 Å². The lowest BCUT2D eigenvalue weighted by atomic mass is 10.1. The maximum Gasteiger partial charge on any atom is 0.242 e. The third-order valence-corrected chi connectivity index (χ3v) is 6.03. The molecule has 0 bridgehead atoms. The lowest BCUT2D eigenvalue weighted by Crippen LogP contribution is -2.34. The summed E-state index contributed by atoms with van der Waals surface area (Å²) in [5.41, 5.74) is 3.67. The van der Waals surface area contributed by atoms with Gasteiger partial charge >= 0.3 is 0 Å². The molecule has 2 aromatic carbocycles. The second-order valence-corrected chi connectivity index (χ2v) is 8.37. The molecule has 6 heteroatoms. The minimum atomic E-state index is -0.446. The average molecular weight is 410 g/mol. The van der Waals surface area contributed by atoms with Crippen molar-refractivity contribution in [2.45, 2.75) is 45.3 Å². The second kappa shape index (κ2) is 9.74. The fourth-order valence-electron chi connectivity index (χ4n) is 3.23. The van der Waals surface area contributed by atoms with E-state index in [1.807, 2.05) is 62.4 Å². The first-order chi connectivity index (χ1) is 14.0. The number of nitrogens with one attached hydrogen (secondary N) is 1. The number of aliphatic imine (C=N–C) groups is 1. The van der Waals surface area contributed by atoms with E-state index in [2.05, 4.69) is 17.2 Å². The molecule has 1 fully saturated rings. The van der Waals surface area contributed by atoms with Crippen molar-refractivity contribution in [2.24, 2.45) is 4.99 Å². The second-order valence-electron chi connectivity index (χ2n) is 7.20. The van der Waals surface area contributed by atoms with Gasteiger partial charge in [-0.05, 0) is 43.5 Å². The van der Waals surface area contributed by atoms with E-state index in [0.717, 1.165) is 35.3 Å². The number of benzene rings is 2. The Balaban J connectivity index is 1.74. The van der Waals surface area contributed by atoms with Gasteiger partial charge in [-0.3, -0.25) is 14.5 Å². The van der Waals surface area contributed by atoms with Crippen molar-refractivity contribution in [3.05, 3.63) is 59.7 Å². The van der Waals surface area contributed by atoms with E-state index in [4.69, 9.17) is 0 Å². The standard InChI is InChI=1S/C23H27N3O2S/c1-4-5-14-26-22(28)19(29-23(26)24-18-12-7-6-8-13-18)15-20(27)25-21-16(2)10-9-11-17(21)3/h6-13,19H,4-5,14-15H2,1-3H3,(H,25,27)/t19-/m1/s1. The van der Waals surface area contributed by atoms with Gasteiger partial charge in [-0.1, -0.05) is 61.5 Å². The van der Waals surface area contributed by atoms with E-state index in [1.165, 1.54) is 11.8 Å². The SMILES string of the molecule is CCCCN1C(=O)[C@@H](CC(=O)Nc2c(C)cccc2C)SC1=Nc1ccccc1. The number of unbranched alkanes of at least 4 members (excludes halogenated alkanes) is 1. The average Bonchev–Trinajstić information content (AvgIpc) is 2.98. The van der Waals surface area contributed by atoms with Gasteiger partial charge < -0.3 is 5.32 Å². The predicted molar refractivity (Wildman–Crippen MR) is 121 cm³/mol. The number of rotatable bonds is 7. The quantitative estimate of drug-likeness (QED) is 0.695. The van der Waals surface area contributed by atoms with E-state index in [9.17, 15) is 9.59 Å². The van der Waals surface area contributed by atoms with E-state index >= 15 is 0 Å². The molecule has 0 radical (unpaired) electrons. The summed E-state index contributed by atoms with van der Waals surface area (Å²) in [4.78, 5) is 32.0. The molecule has 1 aliphatic rings. The number of carbonyl (C=O) groups is 2. The first kappa shape index (κ1) is 21.1. The van der Waals surface area contributed by atoms with Crippen molar-refractivity contribution < 1.29 is 9.59 Å². The Morgan fingerprint density at radius 1 is 1.10 bits per heavy atom. The third-order valence-electron chi connectivity index (χ3n) is 4.85. The molecule has 152 valence electrons. The van der Waals surface area contributed by atoms with Crippen LogP contribution in [0, 0.1) is 13.8 Å². The molecule has 0 unspecified atom stereocenters. The van der Waals surface area contributed by atoms with Gasteiger partial charge in [-0.25, -0.2) is 4.99 Å². The topological polar surface area (TPSA) is 61.8 Å². The largest absolute Gasteiger partial charge is 0.326 e. The Labute approximate surface area is 176 Å². The Morgan fingerprint density at radius 3 is 2.45 bits per heavy atom. The van der Waals surface area contributed by atoms with Crippen LogP contribution in [-0.2, 0) is 9.59 Å². The summed E-state index contributed by atoms with van der Waals surface area (Å²) in [6.45, 7) is 6.66. The molecule has 5 nitrogen and oxygen atoms in total. The van der Waals surface area contributed by atoms with Gasteiger partial charge in [0.05, 0.1) is 5.69 Å². The molecular formula is C23H27N3O2S. The van der Waals surface area contributed by atoms with Gasteiger partial charge in [-0.2, -0.15) is 0 Å². The van der Waals surface area contributed by atoms with Gasteiger partial charge in [0, 0.05) is 18.7 Å². The smallest absolute Gasteiger partial charge is 0.242 e. The van der Waals surface area contributed by atoms with Gasteiger partial charge in [0.15, 0.2) is 5.17 Å². The van der Waals surface area contributed by atoms with Crippen molar-refractivity contribution in [1.82, 2.24) is 4.90 Å². The Morgan fingerprint density at radius 2 is 1.79 bits per heavy atom. The number of aryl methyl sites for hydroxylation is 2. The van der Waals surface area contributed by atoms with Crippen LogP contribution in [-0.4, -0.2) is 33.7 Å². The molecule has 1 aliphatic heterocycles. The first-order valence-corrected chi connectivity index (χ1v) is 10.9. The fraction of sp³-hybridized carbons (Fsp3) is 0.348. The summed E-state index contributed by atoms with van der Waals surface area (Å²) in [5, 5.41) is 3.22. The summed E-state index contributed by atoms with van der Waals surface area (Å²) in [6.07, 6.45) is 2.03. The zero-order chi connectivity index (χ0) is 20.8.